The van der Waals surface area contributed by atoms with E-state index in [-0.39, 0.29) is 0 Å². The fraction of sp³-hybridized carbons (Fsp3) is 0.0833. The van der Waals surface area contributed by atoms with Crippen LogP contribution in [0.1, 0.15) is 11.7 Å². The van der Waals surface area contributed by atoms with Gasteiger partial charge in [-0.05, 0) is 18.2 Å². The first-order valence-electron chi connectivity index (χ1n) is 9.56. The predicted molar refractivity (Wildman–Crippen MR) is 114 cm³/mol. The normalized spacial score (nSPS) is 12.3. The van der Waals surface area contributed by atoms with Crippen molar-refractivity contribution in [2.75, 3.05) is 0 Å². The number of benzene rings is 2. The molecule has 5 rings (SSSR count). The molecular formula is C24H20N4O. The van der Waals surface area contributed by atoms with Gasteiger partial charge in [0.1, 0.15) is 0 Å². The smallest absolute Gasteiger partial charge is 0.0984 e. The van der Waals surface area contributed by atoms with Crippen LogP contribution in [0.4, 0.5) is 0 Å². The van der Waals surface area contributed by atoms with E-state index in [0.717, 1.165) is 39.1 Å². The average Bonchev–Trinajstić information content (AvgIpc) is 3.38. The summed E-state index contributed by atoms with van der Waals surface area (Å²) >= 11 is 0. The number of hydrogen-bond acceptors (Lipinski definition) is 3. The molecule has 0 aliphatic carbocycles. The zero-order valence-corrected chi connectivity index (χ0v) is 15.7. The molecule has 0 radical (unpaired) electrons. The fourth-order valence-electron chi connectivity index (χ4n) is 3.68. The molecule has 0 amide bonds. The van der Waals surface area contributed by atoms with Crippen LogP contribution in [0.2, 0.25) is 0 Å². The van der Waals surface area contributed by atoms with Crippen LogP contribution in [0.3, 0.4) is 0 Å². The lowest BCUT2D eigenvalue weighted by Crippen LogP contribution is -2.09. The summed E-state index contributed by atoms with van der Waals surface area (Å²) in [6.45, 7) is 0.385. The first-order valence-corrected chi connectivity index (χ1v) is 9.56. The third-order valence-electron chi connectivity index (χ3n) is 5.11. The van der Waals surface area contributed by atoms with E-state index in [0.29, 0.717) is 6.54 Å². The lowest BCUT2D eigenvalue weighted by molar-refractivity contribution is 0.156. The highest BCUT2D eigenvalue weighted by Crippen LogP contribution is 2.33. The maximum atomic E-state index is 10.8. The average molecular weight is 380 g/mol. The van der Waals surface area contributed by atoms with Gasteiger partial charge in [0.05, 0.1) is 36.1 Å². The predicted octanol–water partition coefficient (Wildman–Crippen LogP) is 4.83. The number of aliphatic hydroxyl groups is 1. The van der Waals surface area contributed by atoms with Gasteiger partial charge in [0, 0.05) is 34.4 Å². The van der Waals surface area contributed by atoms with Crippen molar-refractivity contribution in [2.24, 2.45) is 0 Å². The van der Waals surface area contributed by atoms with Crippen LogP contribution < -0.4 is 0 Å². The first kappa shape index (κ1) is 17.4. The van der Waals surface area contributed by atoms with Crippen LogP contribution in [0, 0.1) is 0 Å². The highest BCUT2D eigenvalue weighted by molar-refractivity contribution is 5.88. The van der Waals surface area contributed by atoms with Crippen molar-refractivity contribution in [1.29, 1.82) is 0 Å². The van der Waals surface area contributed by atoms with E-state index >= 15 is 0 Å². The van der Waals surface area contributed by atoms with Crippen LogP contribution in [0.25, 0.3) is 33.5 Å². The monoisotopic (exact) mass is 380 g/mol. The minimum absolute atomic E-state index is 0.385. The van der Waals surface area contributed by atoms with Crippen LogP contribution in [0.5, 0.6) is 0 Å². The molecule has 2 N–H and O–H groups in total. The summed E-state index contributed by atoms with van der Waals surface area (Å²) < 4.78 is 2.00. The van der Waals surface area contributed by atoms with Gasteiger partial charge >= 0.3 is 0 Å². The topological polar surface area (TPSA) is 66.7 Å². The highest BCUT2D eigenvalue weighted by Gasteiger charge is 2.19. The van der Waals surface area contributed by atoms with Gasteiger partial charge in [-0.25, -0.2) is 4.98 Å². The number of pyridine rings is 1. The standard InChI is InChI=1S/C24H20N4O/c29-22(19-10-6-12-25-14-19)15-28-16-26-23(17-7-2-1-3-8-17)24(28)21-13-18-9-4-5-11-20(18)27-21/h1-14,16,22,27,29H,15H2/t22-/m1/s1. The Morgan fingerprint density at radius 2 is 1.79 bits per heavy atom. The molecule has 2 aromatic carbocycles. The molecule has 0 fully saturated rings. The van der Waals surface area contributed by atoms with E-state index in [9.17, 15) is 5.11 Å². The van der Waals surface area contributed by atoms with Gasteiger partial charge in [-0.3, -0.25) is 4.98 Å². The fourth-order valence-corrected chi connectivity index (χ4v) is 3.68. The number of aliphatic hydroxyl groups excluding tert-OH is 1. The molecule has 1 atom stereocenters. The Labute approximate surface area is 168 Å². The van der Waals surface area contributed by atoms with Crippen molar-refractivity contribution in [2.45, 2.75) is 12.6 Å². The summed E-state index contributed by atoms with van der Waals surface area (Å²) in [7, 11) is 0. The summed E-state index contributed by atoms with van der Waals surface area (Å²) in [6, 6.07) is 24.2. The van der Waals surface area contributed by atoms with E-state index in [1.165, 1.54) is 0 Å². The number of aromatic nitrogens is 4. The van der Waals surface area contributed by atoms with Crippen LogP contribution in [0.15, 0.2) is 91.5 Å². The lowest BCUT2D eigenvalue weighted by atomic mass is 10.1. The molecule has 5 heteroatoms. The molecule has 3 heterocycles. The summed E-state index contributed by atoms with van der Waals surface area (Å²) in [5.74, 6) is 0. The molecule has 3 aromatic heterocycles. The van der Waals surface area contributed by atoms with Crippen LogP contribution in [-0.4, -0.2) is 24.6 Å². The molecular weight excluding hydrogens is 360 g/mol. The molecule has 0 bridgehead atoms. The highest BCUT2D eigenvalue weighted by atomic mass is 16.3. The van der Waals surface area contributed by atoms with Crippen molar-refractivity contribution >= 4 is 10.9 Å². The van der Waals surface area contributed by atoms with E-state index in [4.69, 9.17) is 4.98 Å². The Bertz CT molecular complexity index is 1210. The Balaban J connectivity index is 1.62. The Kier molecular flexibility index (Phi) is 4.42. The zero-order valence-electron chi connectivity index (χ0n) is 15.7. The summed E-state index contributed by atoms with van der Waals surface area (Å²) in [5.41, 5.74) is 5.70. The van der Waals surface area contributed by atoms with Gasteiger partial charge in [0.15, 0.2) is 0 Å². The number of aromatic amines is 1. The largest absolute Gasteiger partial charge is 0.386 e. The number of nitrogens with one attached hydrogen (secondary N) is 1. The molecule has 0 aliphatic rings. The number of fused-ring (bicyclic) bond motifs is 1. The maximum Gasteiger partial charge on any atom is 0.0984 e. The van der Waals surface area contributed by atoms with Crippen molar-refractivity contribution in [3.8, 4) is 22.6 Å². The maximum absolute atomic E-state index is 10.8. The van der Waals surface area contributed by atoms with Gasteiger partial charge < -0.3 is 14.7 Å². The SMILES string of the molecule is O[C@H](Cn1cnc(-c2ccccc2)c1-c1cc2ccccc2[nH]1)c1cccnc1. The molecule has 0 saturated carbocycles. The summed E-state index contributed by atoms with van der Waals surface area (Å²) in [5, 5.41) is 11.9. The first-order chi connectivity index (χ1) is 14.3. The van der Waals surface area contributed by atoms with Crippen molar-refractivity contribution in [3.05, 3.63) is 97.1 Å². The molecule has 5 nitrogen and oxygen atoms in total. The number of hydrogen-bond donors (Lipinski definition) is 2. The number of rotatable bonds is 5. The number of nitrogens with zero attached hydrogens (tertiary/aromatic N) is 3. The Morgan fingerprint density at radius 1 is 0.966 bits per heavy atom. The van der Waals surface area contributed by atoms with Crippen LogP contribution >= 0.6 is 0 Å². The quantitative estimate of drug-likeness (QED) is 0.459. The van der Waals surface area contributed by atoms with Crippen molar-refractivity contribution in [1.82, 2.24) is 19.5 Å². The molecule has 142 valence electrons. The van der Waals surface area contributed by atoms with E-state index in [1.807, 2.05) is 47.0 Å². The second-order valence-corrected chi connectivity index (χ2v) is 7.03. The molecule has 0 saturated heterocycles. The summed E-state index contributed by atoms with van der Waals surface area (Å²) in [4.78, 5) is 12.3. The molecule has 29 heavy (non-hydrogen) atoms. The van der Waals surface area contributed by atoms with Gasteiger partial charge in [-0.15, -0.1) is 0 Å². The van der Waals surface area contributed by atoms with E-state index < -0.39 is 6.10 Å². The van der Waals surface area contributed by atoms with Gasteiger partial charge in [0.25, 0.3) is 0 Å². The van der Waals surface area contributed by atoms with Gasteiger partial charge in [-0.1, -0.05) is 54.6 Å². The minimum Gasteiger partial charge on any atom is -0.386 e. The molecule has 5 aromatic rings. The summed E-state index contributed by atoms with van der Waals surface area (Å²) in [6.07, 6.45) is 4.52. The Hall–Kier alpha value is -3.70. The van der Waals surface area contributed by atoms with Crippen molar-refractivity contribution < 1.29 is 5.11 Å². The van der Waals surface area contributed by atoms with E-state index in [1.54, 1.807) is 18.7 Å². The number of H-pyrrole nitrogens is 1. The zero-order chi connectivity index (χ0) is 19.6. The minimum atomic E-state index is -0.676. The third kappa shape index (κ3) is 3.32. The van der Waals surface area contributed by atoms with Crippen molar-refractivity contribution in [3.63, 3.8) is 0 Å². The van der Waals surface area contributed by atoms with Gasteiger partial charge in [-0.2, -0.15) is 0 Å². The van der Waals surface area contributed by atoms with Gasteiger partial charge in [0.2, 0.25) is 0 Å². The molecule has 0 spiro atoms. The lowest BCUT2D eigenvalue weighted by Gasteiger charge is -2.14. The Morgan fingerprint density at radius 3 is 2.59 bits per heavy atom. The van der Waals surface area contributed by atoms with Crippen LogP contribution in [-0.2, 0) is 6.54 Å². The van der Waals surface area contributed by atoms with E-state index in [2.05, 4.69) is 40.3 Å². The second kappa shape index (κ2) is 7.37. The number of para-hydroxylation sites is 1. The molecule has 0 unspecified atom stereocenters. The third-order valence-corrected chi connectivity index (χ3v) is 5.11. The number of imidazole rings is 1. The molecule has 0 aliphatic heterocycles. The second-order valence-electron chi connectivity index (χ2n) is 7.03.